The first-order chi connectivity index (χ1) is 9.12. The largest absolute Gasteiger partial charge is 0.497 e. The van der Waals surface area contributed by atoms with Gasteiger partial charge in [-0.15, -0.1) is 0 Å². The fourth-order valence-electron chi connectivity index (χ4n) is 3.23. The molecule has 2 heterocycles. The molecule has 0 radical (unpaired) electrons. The average molecular weight is 263 g/mol. The van der Waals surface area contributed by atoms with Crippen molar-refractivity contribution in [3.8, 4) is 11.5 Å². The predicted octanol–water partition coefficient (Wildman–Crippen LogP) is 2.42. The van der Waals surface area contributed by atoms with Crippen LogP contribution in [0.3, 0.4) is 0 Å². The zero-order valence-electron chi connectivity index (χ0n) is 11.5. The van der Waals surface area contributed by atoms with Gasteiger partial charge in [-0.05, 0) is 13.0 Å². The van der Waals surface area contributed by atoms with Crippen LogP contribution in [0.1, 0.15) is 37.8 Å². The molecule has 2 N–H and O–H groups in total. The van der Waals surface area contributed by atoms with Crippen LogP contribution < -0.4 is 15.2 Å². The Morgan fingerprint density at radius 1 is 1.37 bits per heavy atom. The zero-order valence-corrected chi connectivity index (χ0v) is 11.5. The standard InChI is InChI=1S/C15H21NO3/c1-10-8-15(5-6-18-10)9-13(16)12-4-3-11(17-2)7-14(12)19-15/h3-4,7,10,13H,5-6,8-9,16H2,1-2H3/t10?,13-,15?/m0/s1. The van der Waals surface area contributed by atoms with E-state index < -0.39 is 0 Å². The van der Waals surface area contributed by atoms with Gasteiger partial charge in [-0.25, -0.2) is 0 Å². The van der Waals surface area contributed by atoms with Crippen LogP contribution >= 0.6 is 0 Å². The van der Waals surface area contributed by atoms with Crippen LogP contribution in [0, 0.1) is 0 Å². The highest BCUT2D eigenvalue weighted by Crippen LogP contribution is 2.45. The zero-order chi connectivity index (χ0) is 13.5. The van der Waals surface area contributed by atoms with Gasteiger partial charge in [-0.3, -0.25) is 0 Å². The Hall–Kier alpha value is -1.26. The van der Waals surface area contributed by atoms with Gasteiger partial charge in [0.1, 0.15) is 17.1 Å². The van der Waals surface area contributed by atoms with Crippen LogP contribution in [0.25, 0.3) is 0 Å². The number of methoxy groups -OCH3 is 1. The second kappa shape index (κ2) is 4.69. The fourth-order valence-corrected chi connectivity index (χ4v) is 3.23. The monoisotopic (exact) mass is 263 g/mol. The maximum Gasteiger partial charge on any atom is 0.128 e. The smallest absolute Gasteiger partial charge is 0.128 e. The van der Waals surface area contributed by atoms with Gasteiger partial charge >= 0.3 is 0 Å². The molecule has 0 aliphatic carbocycles. The number of rotatable bonds is 1. The molecule has 1 saturated heterocycles. The summed E-state index contributed by atoms with van der Waals surface area (Å²) < 4.78 is 17.2. The molecule has 1 fully saturated rings. The number of benzene rings is 1. The van der Waals surface area contributed by atoms with Crippen molar-refractivity contribution in [3.05, 3.63) is 23.8 Å². The first kappa shape index (κ1) is 12.8. The first-order valence-corrected chi connectivity index (χ1v) is 6.86. The normalized spacial score (nSPS) is 33.6. The van der Waals surface area contributed by atoms with Gasteiger partial charge < -0.3 is 19.9 Å². The van der Waals surface area contributed by atoms with Crippen LogP contribution in [0.15, 0.2) is 18.2 Å². The number of nitrogens with two attached hydrogens (primary N) is 1. The number of hydrogen-bond acceptors (Lipinski definition) is 4. The maximum atomic E-state index is 6.33. The first-order valence-electron chi connectivity index (χ1n) is 6.86. The van der Waals surface area contributed by atoms with Crippen molar-refractivity contribution in [1.29, 1.82) is 0 Å². The number of fused-ring (bicyclic) bond motifs is 1. The van der Waals surface area contributed by atoms with E-state index in [4.69, 9.17) is 19.9 Å². The molecule has 0 aromatic heterocycles. The lowest BCUT2D eigenvalue weighted by Gasteiger charge is -2.45. The molecule has 0 bridgehead atoms. The molecular weight excluding hydrogens is 242 g/mol. The van der Waals surface area contributed by atoms with E-state index in [0.29, 0.717) is 0 Å². The van der Waals surface area contributed by atoms with E-state index in [0.717, 1.165) is 42.9 Å². The summed E-state index contributed by atoms with van der Waals surface area (Å²) in [7, 11) is 1.66. The summed E-state index contributed by atoms with van der Waals surface area (Å²) in [5, 5.41) is 0. The Kier molecular flexibility index (Phi) is 3.15. The molecule has 2 unspecified atom stereocenters. The second-order valence-corrected chi connectivity index (χ2v) is 5.63. The Morgan fingerprint density at radius 3 is 2.95 bits per heavy atom. The summed E-state index contributed by atoms with van der Waals surface area (Å²) in [4.78, 5) is 0. The minimum Gasteiger partial charge on any atom is -0.497 e. The quantitative estimate of drug-likeness (QED) is 0.845. The molecule has 4 heteroatoms. The summed E-state index contributed by atoms with van der Waals surface area (Å²) in [5.41, 5.74) is 7.23. The van der Waals surface area contributed by atoms with E-state index in [1.807, 2.05) is 18.2 Å². The summed E-state index contributed by atoms with van der Waals surface area (Å²) >= 11 is 0. The molecule has 3 atom stereocenters. The van der Waals surface area contributed by atoms with Crippen molar-refractivity contribution >= 4 is 0 Å². The predicted molar refractivity (Wildman–Crippen MR) is 72.5 cm³/mol. The highest BCUT2D eigenvalue weighted by Gasteiger charge is 2.43. The summed E-state index contributed by atoms with van der Waals surface area (Å²) in [6.07, 6.45) is 2.90. The van der Waals surface area contributed by atoms with Crippen molar-refractivity contribution in [2.75, 3.05) is 13.7 Å². The topological polar surface area (TPSA) is 53.7 Å². The average Bonchev–Trinajstić information content (AvgIpc) is 2.37. The molecule has 2 aliphatic heterocycles. The molecule has 4 nitrogen and oxygen atoms in total. The van der Waals surface area contributed by atoms with Crippen LogP contribution in [-0.2, 0) is 4.74 Å². The molecule has 104 valence electrons. The van der Waals surface area contributed by atoms with E-state index >= 15 is 0 Å². The van der Waals surface area contributed by atoms with Crippen molar-refractivity contribution in [2.24, 2.45) is 5.73 Å². The molecule has 1 aromatic carbocycles. The van der Waals surface area contributed by atoms with Crippen molar-refractivity contribution in [2.45, 2.75) is 43.9 Å². The SMILES string of the molecule is COc1ccc2c(c1)OC1(CCOC(C)C1)C[C@@H]2N. The molecular formula is C15H21NO3. The van der Waals surface area contributed by atoms with E-state index in [1.165, 1.54) is 0 Å². The number of ether oxygens (including phenoxy) is 3. The molecule has 19 heavy (non-hydrogen) atoms. The van der Waals surface area contributed by atoms with Crippen LogP contribution in [0.5, 0.6) is 11.5 Å². The molecule has 1 spiro atoms. The lowest BCUT2D eigenvalue weighted by Crippen LogP contribution is -2.49. The van der Waals surface area contributed by atoms with Crippen LogP contribution in [-0.4, -0.2) is 25.4 Å². The third kappa shape index (κ3) is 2.30. The lowest BCUT2D eigenvalue weighted by atomic mass is 9.80. The maximum absolute atomic E-state index is 6.33. The van der Waals surface area contributed by atoms with Gasteiger partial charge in [-0.1, -0.05) is 6.07 Å². The summed E-state index contributed by atoms with van der Waals surface area (Å²) in [6.45, 7) is 2.84. The third-order valence-corrected chi connectivity index (χ3v) is 4.16. The Balaban J connectivity index is 1.93. The molecule has 0 saturated carbocycles. The Morgan fingerprint density at radius 2 is 2.21 bits per heavy atom. The van der Waals surface area contributed by atoms with E-state index in [-0.39, 0.29) is 17.7 Å². The van der Waals surface area contributed by atoms with Crippen molar-refractivity contribution in [3.63, 3.8) is 0 Å². The van der Waals surface area contributed by atoms with Gasteiger partial charge in [0, 0.05) is 36.9 Å². The van der Waals surface area contributed by atoms with E-state index in [1.54, 1.807) is 7.11 Å². The Labute approximate surface area is 113 Å². The van der Waals surface area contributed by atoms with Gasteiger partial charge in [-0.2, -0.15) is 0 Å². The third-order valence-electron chi connectivity index (χ3n) is 4.16. The van der Waals surface area contributed by atoms with Crippen LogP contribution in [0.4, 0.5) is 0 Å². The number of hydrogen-bond donors (Lipinski definition) is 1. The molecule has 0 amide bonds. The van der Waals surface area contributed by atoms with Crippen molar-refractivity contribution < 1.29 is 14.2 Å². The second-order valence-electron chi connectivity index (χ2n) is 5.63. The van der Waals surface area contributed by atoms with Gasteiger partial charge in [0.25, 0.3) is 0 Å². The molecule has 2 aliphatic rings. The van der Waals surface area contributed by atoms with Gasteiger partial charge in [0.05, 0.1) is 19.8 Å². The molecule has 3 rings (SSSR count). The minimum absolute atomic E-state index is 0.0277. The molecule has 1 aromatic rings. The Bertz CT molecular complexity index is 476. The minimum atomic E-state index is -0.170. The van der Waals surface area contributed by atoms with E-state index in [9.17, 15) is 0 Å². The highest BCUT2D eigenvalue weighted by molar-refractivity contribution is 5.44. The fraction of sp³-hybridized carbons (Fsp3) is 0.600. The summed E-state index contributed by atoms with van der Waals surface area (Å²) in [5.74, 6) is 1.68. The lowest BCUT2D eigenvalue weighted by molar-refractivity contribution is -0.0949. The highest BCUT2D eigenvalue weighted by atomic mass is 16.5. The van der Waals surface area contributed by atoms with Crippen molar-refractivity contribution in [1.82, 2.24) is 0 Å². The van der Waals surface area contributed by atoms with Crippen LogP contribution in [0.2, 0.25) is 0 Å². The van der Waals surface area contributed by atoms with Gasteiger partial charge in [0.2, 0.25) is 0 Å². The summed E-state index contributed by atoms with van der Waals surface area (Å²) in [6, 6.07) is 5.91. The van der Waals surface area contributed by atoms with Gasteiger partial charge in [0.15, 0.2) is 0 Å². The van der Waals surface area contributed by atoms with E-state index in [2.05, 4.69) is 6.92 Å².